The van der Waals surface area contributed by atoms with Crippen molar-refractivity contribution in [1.82, 2.24) is 19.7 Å². The van der Waals surface area contributed by atoms with Crippen molar-refractivity contribution in [1.29, 1.82) is 0 Å². The van der Waals surface area contributed by atoms with E-state index in [0.29, 0.717) is 24.3 Å². The summed E-state index contributed by atoms with van der Waals surface area (Å²) >= 11 is 1.67. The Kier molecular flexibility index (Phi) is 5.53. The molecular weight excluding hydrogens is 380 g/mol. The molecule has 4 aromatic rings. The van der Waals surface area contributed by atoms with E-state index in [1.165, 1.54) is 10.4 Å². The number of amides is 1. The highest BCUT2D eigenvalue weighted by Crippen LogP contribution is 2.24. The molecule has 3 aromatic heterocycles. The summed E-state index contributed by atoms with van der Waals surface area (Å²) in [5, 5.41) is 6.78. The Labute approximate surface area is 174 Å². The largest absolute Gasteiger partial charge is 0.336 e. The van der Waals surface area contributed by atoms with Gasteiger partial charge in [-0.25, -0.2) is 0 Å². The van der Waals surface area contributed by atoms with Crippen molar-refractivity contribution in [3.8, 4) is 11.3 Å². The van der Waals surface area contributed by atoms with Crippen LogP contribution in [0.1, 0.15) is 26.4 Å². The second kappa shape index (κ2) is 8.41. The Balaban J connectivity index is 1.66. The molecule has 0 bridgehead atoms. The molecule has 0 radical (unpaired) electrons. The van der Waals surface area contributed by atoms with E-state index in [1.54, 1.807) is 28.6 Å². The van der Waals surface area contributed by atoms with Crippen molar-refractivity contribution in [3.63, 3.8) is 0 Å². The maximum Gasteiger partial charge on any atom is 0.257 e. The highest BCUT2D eigenvalue weighted by Gasteiger charge is 2.22. The van der Waals surface area contributed by atoms with Crippen molar-refractivity contribution in [2.24, 2.45) is 0 Å². The van der Waals surface area contributed by atoms with Crippen molar-refractivity contribution < 1.29 is 4.79 Å². The summed E-state index contributed by atoms with van der Waals surface area (Å²) in [5.74, 6) is -0.0454. The summed E-state index contributed by atoms with van der Waals surface area (Å²) in [6.45, 7) is 3.26. The summed E-state index contributed by atoms with van der Waals surface area (Å²) in [6.07, 6.45) is 5.31. The fourth-order valence-electron chi connectivity index (χ4n) is 3.20. The van der Waals surface area contributed by atoms with Crippen LogP contribution in [0.15, 0.2) is 72.5 Å². The standard InChI is InChI=1S/C23H22N4OS/c1-17-10-12-29-21(17)16-26(2)23(28)20-15-27(14-18-7-4-3-5-8-18)25-22(20)19-9-6-11-24-13-19/h3-13,15H,14,16H2,1-2H3. The first kappa shape index (κ1) is 19.1. The van der Waals surface area contributed by atoms with Crippen LogP contribution in [0.25, 0.3) is 11.3 Å². The fraction of sp³-hybridized carbons (Fsp3) is 0.174. The van der Waals surface area contributed by atoms with Gasteiger partial charge in [-0.05, 0) is 41.6 Å². The minimum atomic E-state index is -0.0454. The van der Waals surface area contributed by atoms with E-state index in [0.717, 1.165) is 11.1 Å². The fourth-order valence-corrected chi connectivity index (χ4v) is 4.16. The SMILES string of the molecule is Cc1ccsc1CN(C)C(=O)c1cn(Cc2ccccc2)nc1-c1cccnc1. The van der Waals surface area contributed by atoms with E-state index in [-0.39, 0.29) is 5.91 Å². The van der Waals surface area contributed by atoms with Crippen molar-refractivity contribution in [3.05, 3.63) is 94.1 Å². The number of hydrogen-bond acceptors (Lipinski definition) is 4. The van der Waals surface area contributed by atoms with Crippen molar-refractivity contribution in [2.45, 2.75) is 20.0 Å². The number of carbonyl (C=O) groups excluding carboxylic acids is 1. The third-order valence-corrected chi connectivity index (χ3v) is 5.82. The molecule has 0 aliphatic rings. The quantitative estimate of drug-likeness (QED) is 0.472. The van der Waals surface area contributed by atoms with Gasteiger partial charge in [0.05, 0.1) is 18.7 Å². The van der Waals surface area contributed by atoms with E-state index < -0.39 is 0 Å². The van der Waals surface area contributed by atoms with Gasteiger partial charge in [0.25, 0.3) is 5.91 Å². The number of thiophene rings is 1. The molecule has 0 spiro atoms. The van der Waals surface area contributed by atoms with Gasteiger partial charge < -0.3 is 4.90 Å². The average Bonchev–Trinajstić information content (AvgIpc) is 3.35. The minimum Gasteiger partial charge on any atom is -0.336 e. The van der Waals surface area contributed by atoms with Gasteiger partial charge in [-0.3, -0.25) is 14.5 Å². The molecule has 0 saturated heterocycles. The lowest BCUT2D eigenvalue weighted by Gasteiger charge is -2.16. The highest BCUT2D eigenvalue weighted by atomic mass is 32.1. The monoisotopic (exact) mass is 402 g/mol. The Morgan fingerprint density at radius 3 is 2.66 bits per heavy atom. The van der Waals surface area contributed by atoms with Gasteiger partial charge in [0, 0.05) is 36.1 Å². The average molecular weight is 403 g/mol. The first-order valence-corrected chi connectivity index (χ1v) is 10.3. The molecule has 3 heterocycles. The molecule has 1 aromatic carbocycles. The normalized spacial score (nSPS) is 10.8. The summed E-state index contributed by atoms with van der Waals surface area (Å²) < 4.78 is 1.83. The number of carbonyl (C=O) groups is 1. The maximum absolute atomic E-state index is 13.3. The van der Waals surface area contributed by atoms with Gasteiger partial charge in [-0.1, -0.05) is 30.3 Å². The number of rotatable bonds is 6. The number of hydrogen-bond donors (Lipinski definition) is 0. The van der Waals surface area contributed by atoms with Crippen LogP contribution in [0.2, 0.25) is 0 Å². The molecule has 6 heteroatoms. The molecule has 5 nitrogen and oxygen atoms in total. The van der Waals surface area contributed by atoms with Crippen LogP contribution >= 0.6 is 11.3 Å². The van der Waals surface area contributed by atoms with Crippen LogP contribution in [0.4, 0.5) is 0 Å². The Morgan fingerprint density at radius 2 is 1.97 bits per heavy atom. The van der Waals surface area contributed by atoms with Gasteiger partial charge >= 0.3 is 0 Å². The van der Waals surface area contributed by atoms with Crippen molar-refractivity contribution >= 4 is 17.2 Å². The van der Waals surface area contributed by atoms with E-state index in [9.17, 15) is 4.79 Å². The molecule has 0 fully saturated rings. The second-order valence-electron chi connectivity index (χ2n) is 7.00. The Bertz CT molecular complexity index is 1100. The van der Waals surface area contributed by atoms with Crippen LogP contribution in [0.5, 0.6) is 0 Å². The second-order valence-corrected chi connectivity index (χ2v) is 8.00. The molecule has 0 unspecified atom stereocenters. The Morgan fingerprint density at radius 1 is 1.14 bits per heavy atom. The lowest BCUT2D eigenvalue weighted by Crippen LogP contribution is -2.26. The third-order valence-electron chi connectivity index (χ3n) is 4.81. The predicted molar refractivity (Wildman–Crippen MR) is 116 cm³/mol. The topological polar surface area (TPSA) is 51.0 Å². The van der Waals surface area contributed by atoms with Crippen LogP contribution in [0.3, 0.4) is 0 Å². The van der Waals surface area contributed by atoms with Gasteiger partial charge in [0.2, 0.25) is 0 Å². The molecule has 0 atom stereocenters. The van der Waals surface area contributed by atoms with Crippen molar-refractivity contribution in [2.75, 3.05) is 7.05 Å². The first-order valence-electron chi connectivity index (χ1n) is 9.42. The molecule has 146 valence electrons. The van der Waals surface area contributed by atoms with Crippen LogP contribution in [-0.4, -0.2) is 32.6 Å². The van der Waals surface area contributed by atoms with Gasteiger partial charge in [-0.15, -0.1) is 11.3 Å². The first-order chi connectivity index (χ1) is 14.1. The minimum absolute atomic E-state index is 0.0454. The molecule has 4 rings (SSSR count). The zero-order valence-corrected chi connectivity index (χ0v) is 17.3. The maximum atomic E-state index is 13.3. The number of nitrogens with zero attached hydrogens (tertiary/aromatic N) is 4. The lowest BCUT2D eigenvalue weighted by atomic mass is 10.1. The summed E-state index contributed by atoms with van der Waals surface area (Å²) in [6, 6.07) is 16.0. The molecular formula is C23H22N4OS. The molecule has 0 aliphatic heterocycles. The smallest absolute Gasteiger partial charge is 0.257 e. The van der Waals surface area contributed by atoms with Gasteiger partial charge in [0.15, 0.2) is 0 Å². The third kappa shape index (κ3) is 4.27. The Hall–Kier alpha value is -3.25. The van der Waals surface area contributed by atoms with Crippen LogP contribution < -0.4 is 0 Å². The highest BCUT2D eigenvalue weighted by molar-refractivity contribution is 7.10. The molecule has 0 N–H and O–H groups in total. The van der Waals surface area contributed by atoms with Crippen LogP contribution in [-0.2, 0) is 13.1 Å². The van der Waals surface area contributed by atoms with Gasteiger partial charge in [0.1, 0.15) is 5.69 Å². The number of aryl methyl sites for hydroxylation is 1. The van der Waals surface area contributed by atoms with E-state index in [4.69, 9.17) is 5.10 Å². The zero-order valence-electron chi connectivity index (χ0n) is 16.4. The number of pyridine rings is 1. The van der Waals surface area contributed by atoms with E-state index in [1.807, 2.05) is 48.3 Å². The number of benzene rings is 1. The summed E-state index contributed by atoms with van der Waals surface area (Å²) in [5.41, 5.74) is 4.43. The predicted octanol–water partition coefficient (Wildman–Crippen LogP) is 4.64. The summed E-state index contributed by atoms with van der Waals surface area (Å²) in [7, 11) is 1.84. The van der Waals surface area contributed by atoms with Gasteiger partial charge in [-0.2, -0.15) is 5.10 Å². The lowest BCUT2D eigenvalue weighted by molar-refractivity contribution is 0.0787. The number of aromatic nitrogens is 3. The van der Waals surface area contributed by atoms with E-state index >= 15 is 0 Å². The molecule has 0 aliphatic carbocycles. The molecule has 0 saturated carbocycles. The molecule has 29 heavy (non-hydrogen) atoms. The summed E-state index contributed by atoms with van der Waals surface area (Å²) in [4.78, 5) is 20.4. The van der Waals surface area contributed by atoms with Crippen LogP contribution in [0, 0.1) is 6.92 Å². The molecule has 1 amide bonds. The zero-order chi connectivity index (χ0) is 20.2. The van der Waals surface area contributed by atoms with E-state index in [2.05, 4.69) is 35.5 Å².